The molecule has 17 heavy (non-hydrogen) atoms. The van der Waals surface area contributed by atoms with E-state index in [4.69, 9.17) is 17.3 Å². The largest absolute Gasteiger partial charge is 0.325 e. The fourth-order valence-electron chi connectivity index (χ4n) is 1.36. The Morgan fingerprint density at radius 1 is 1.59 bits per heavy atom. The average Bonchev–Trinajstić information content (AvgIpc) is 2.30. The number of nitrogens with two attached hydrogens (primary N) is 1. The van der Waals surface area contributed by atoms with Gasteiger partial charge >= 0.3 is 0 Å². The highest BCUT2D eigenvalue weighted by molar-refractivity contribution is 9.10. The van der Waals surface area contributed by atoms with Crippen molar-refractivity contribution in [1.29, 1.82) is 0 Å². The van der Waals surface area contributed by atoms with Crippen LogP contribution in [0.5, 0.6) is 0 Å². The van der Waals surface area contributed by atoms with Crippen LogP contribution in [0.4, 0.5) is 5.69 Å². The van der Waals surface area contributed by atoms with Gasteiger partial charge in [-0.2, -0.15) is 0 Å². The molecule has 1 unspecified atom stereocenters. The normalized spacial score (nSPS) is 12.2. The molecular formula is C12H16BrClN2O. The maximum atomic E-state index is 11.7. The quantitative estimate of drug-likeness (QED) is 0.872. The van der Waals surface area contributed by atoms with Crippen LogP contribution in [0, 0.1) is 0 Å². The first-order valence-electron chi connectivity index (χ1n) is 5.56. The Bertz CT molecular complexity index is 398. The molecule has 0 saturated carbocycles. The topological polar surface area (TPSA) is 55.1 Å². The molecule has 94 valence electrons. The lowest BCUT2D eigenvalue weighted by atomic mass is 10.1. The Labute approximate surface area is 115 Å². The van der Waals surface area contributed by atoms with Crippen molar-refractivity contribution in [3.05, 3.63) is 27.7 Å². The maximum Gasteiger partial charge on any atom is 0.241 e. The van der Waals surface area contributed by atoms with Crippen LogP contribution in [-0.2, 0) is 4.79 Å². The predicted molar refractivity (Wildman–Crippen MR) is 75.3 cm³/mol. The Morgan fingerprint density at radius 2 is 2.29 bits per heavy atom. The number of benzene rings is 1. The van der Waals surface area contributed by atoms with E-state index in [1.54, 1.807) is 18.2 Å². The molecule has 0 saturated heterocycles. The Hall–Kier alpha value is -0.580. The van der Waals surface area contributed by atoms with Crippen LogP contribution < -0.4 is 11.1 Å². The van der Waals surface area contributed by atoms with Crippen molar-refractivity contribution in [3.63, 3.8) is 0 Å². The minimum absolute atomic E-state index is 0.160. The highest BCUT2D eigenvalue weighted by atomic mass is 79.9. The summed E-state index contributed by atoms with van der Waals surface area (Å²) in [5.74, 6) is -0.160. The zero-order valence-electron chi connectivity index (χ0n) is 9.67. The molecule has 0 aromatic heterocycles. The minimum Gasteiger partial charge on any atom is -0.325 e. The molecule has 1 aromatic rings. The van der Waals surface area contributed by atoms with Gasteiger partial charge in [0.05, 0.1) is 11.1 Å². The number of rotatable bonds is 5. The van der Waals surface area contributed by atoms with E-state index in [-0.39, 0.29) is 5.91 Å². The number of amides is 1. The van der Waals surface area contributed by atoms with E-state index in [2.05, 4.69) is 28.2 Å². The first kappa shape index (κ1) is 14.5. The van der Waals surface area contributed by atoms with Gasteiger partial charge in [-0.1, -0.05) is 31.4 Å². The van der Waals surface area contributed by atoms with Crippen molar-refractivity contribution in [1.82, 2.24) is 0 Å². The van der Waals surface area contributed by atoms with Crippen LogP contribution in [0.1, 0.15) is 26.2 Å². The third-order valence-electron chi connectivity index (χ3n) is 2.39. The molecule has 3 N–H and O–H groups in total. The molecule has 0 radical (unpaired) electrons. The van der Waals surface area contributed by atoms with E-state index in [9.17, 15) is 4.79 Å². The first-order valence-corrected chi connectivity index (χ1v) is 6.73. The van der Waals surface area contributed by atoms with E-state index < -0.39 is 6.04 Å². The Morgan fingerprint density at radius 3 is 2.88 bits per heavy atom. The summed E-state index contributed by atoms with van der Waals surface area (Å²) in [6.45, 7) is 2.07. The summed E-state index contributed by atoms with van der Waals surface area (Å²) < 4.78 is 0.749. The van der Waals surface area contributed by atoms with Crippen molar-refractivity contribution in [2.45, 2.75) is 32.2 Å². The molecule has 0 aliphatic heterocycles. The number of carbonyl (C=O) groups excluding carboxylic acids is 1. The van der Waals surface area contributed by atoms with Crippen molar-refractivity contribution in [3.8, 4) is 0 Å². The smallest absolute Gasteiger partial charge is 0.241 e. The number of carbonyl (C=O) groups is 1. The van der Waals surface area contributed by atoms with E-state index in [0.717, 1.165) is 17.3 Å². The third kappa shape index (κ3) is 4.66. The summed E-state index contributed by atoms with van der Waals surface area (Å²) in [6, 6.07) is 4.77. The standard InChI is InChI=1S/C12H16BrClN2O/c1-2-3-4-11(15)12(17)16-8-5-6-10(14)9(13)7-8/h5-7,11H,2-4,15H2,1H3,(H,16,17). The molecule has 0 aliphatic rings. The van der Waals surface area contributed by atoms with Crippen LogP contribution >= 0.6 is 27.5 Å². The SMILES string of the molecule is CCCCC(N)C(=O)Nc1ccc(Cl)c(Br)c1. The van der Waals surface area contributed by atoms with Gasteiger partial charge in [0.15, 0.2) is 0 Å². The maximum absolute atomic E-state index is 11.7. The molecule has 5 heteroatoms. The van der Waals surface area contributed by atoms with Gasteiger partial charge in [-0.05, 0) is 40.5 Å². The lowest BCUT2D eigenvalue weighted by molar-refractivity contribution is -0.117. The predicted octanol–water partition coefficient (Wildman–Crippen LogP) is 3.56. The van der Waals surface area contributed by atoms with E-state index in [1.807, 2.05) is 0 Å². The first-order chi connectivity index (χ1) is 8.04. The minimum atomic E-state index is -0.454. The number of hydrogen-bond donors (Lipinski definition) is 2. The van der Waals surface area contributed by atoms with Gasteiger partial charge in [-0.15, -0.1) is 0 Å². The number of anilines is 1. The number of hydrogen-bond acceptors (Lipinski definition) is 2. The molecule has 0 spiro atoms. The summed E-state index contributed by atoms with van der Waals surface area (Å²) in [5.41, 5.74) is 6.46. The van der Waals surface area contributed by atoms with Gasteiger partial charge in [-0.3, -0.25) is 4.79 Å². The van der Waals surface area contributed by atoms with Crippen molar-refractivity contribution in [2.75, 3.05) is 5.32 Å². The molecule has 0 heterocycles. The van der Waals surface area contributed by atoms with Gasteiger partial charge in [0.2, 0.25) is 5.91 Å². The Balaban J connectivity index is 2.58. The van der Waals surface area contributed by atoms with Gasteiger partial charge in [-0.25, -0.2) is 0 Å². The summed E-state index contributed by atoms with van der Waals surface area (Å²) in [5, 5.41) is 3.38. The second-order valence-electron chi connectivity index (χ2n) is 3.87. The van der Waals surface area contributed by atoms with Crippen LogP contribution in [0.15, 0.2) is 22.7 Å². The number of unbranched alkanes of at least 4 members (excludes halogenated alkanes) is 1. The van der Waals surface area contributed by atoms with Gasteiger partial charge < -0.3 is 11.1 Å². The second-order valence-corrected chi connectivity index (χ2v) is 5.13. The zero-order valence-corrected chi connectivity index (χ0v) is 12.0. The molecule has 1 aromatic carbocycles. The molecule has 1 amide bonds. The highest BCUT2D eigenvalue weighted by Gasteiger charge is 2.13. The average molecular weight is 320 g/mol. The summed E-state index contributed by atoms with van der Waals surface area (Å²) in [6.07, 6.45) is 2.70. The molecule has 1 rings (SSSR count). The molecular weight excluding hydrogens is 304 g/mol. The van der Waals surface area contributed by atoms with Crippen LogP contribution in [0.2, 0.25) is 5.02 Å². The summed E-state index contributed by atoms with van der Waals surface area (Å²) in [7, 11) is 0. The monoisotopic (exact) mass is 318 g/mol. The fourth-order valence-corrected chi connectivity index (χ4v) is 1.86. The molecule has 0 bridgehead atoms. The van der Waals surface area contributed by atoms with Gasteiger partial charge in [0.25, 0.3) is 0 Å². The molecule has 3 nitrogen and oxygen atoms in total. The van der Waals surface area contributed by atoms with Crippen LogP contribution in [0.3, 0.4) is 0 Å². The third-order valence-corrected chi connectivity index (χ3v) is 3.61. The fraction of sp³-hybridized carbons (Fsp3) is 0.417. The molecule has 0 fully saturated rings. The van der Waals surface area contributed by atoms with Crippen LogP contribution in [0.25, 0.3) is 0 Å². The zero-order chi connectivity index (χ0) is 12.8. The molecule has 1 atom stereocenters. The van der Waals surface area contributed by atoms with Crippen molar-refractivity contribution < 1.29 is 4.79 Å². The number of nitrogens with one attached hydrogen (secondary N) is 1. The number of halogens is 2. The van der Waals surface area contributed by atoms with Gasteiger partial charge in [0, 0.05) is 10.2 Å². The van der Waals surface area contributed by atoms with Gasteiger partial charge in [0.1, 0.15) is 0 Å². The Kier molecular flexibility index (Phi) is 5.95. The lowest BCUT2D eigenvalue weighted by Gasteiger charge is -2.12. The van der Waals surface area contributed by atoms with Crippen molar-refractivity contribution >= 4 is 39.1 Å². The van der Waals surface area contributed by atoms with E-state index in [1.165, 1.54) is 0 Å². The molecule has 0 aliphatic carbocycles. The van der Waals surface area contributed by atoms with E-state index >= 15 is 0 Å². The second kappa shape index (κ2) is 6.99. The lowest BCUT2D eigenvalue weighted by Crippen LogP contribution is -2.35. The summed E-state index contributed by atoms with van der Waals surface area (Å²) in [4.78, 5) is 11.7. The highest BCUT2D eigenvalue weighted by Crippen LogP contribution is 2.25. The van der Waals surface area contributed by atoms with E-state index in [0.29, 0.717) is 17.1 Å². The summed E-state index contributed by atoms with van der Waals surface area (Å²) >= 11 is 9.16. The van der Waals surface area contributed by atoms with Crippen molar-refractivity contribution in [2.24, 2.45) is 5.73 Å². The van der Waals surface area contributed by atoms with Crippen LogP contribution in [-0.4, -0.2) is 11.9 Å².